The molecule has 0 aromatic carbocycles. The molecule has 0 rings (SSSR count). The molecule has 0 heterocycles. The van der Waals surface area contributed by atoms with E-state index in [0.29, 0.717) is 271 Å². The van der Waals surface area contributed by atoms with Gasteiger partial charge in [0, 0.05) is 6.61 Å². The fourth-order valence-corrected chi connectivity index (χ4v) is 5.94. The van der Waals surface area contributed by atoms with Crippen molar-refractivity contribution < 1.29 is 114 Å². The lowest BCUT2D eigenvalue weighted by molar-refractivity contribution is -0.142. The molecule has 0 aromatic heterocycles. The Balaban J connectivity index is 3.08. The van der Waals surface area contributed by atoms with E-state index in [4.69, 9.17) is 109 Å². The molecule has 462 valence electrons. The van der Waals surface area contributed by atoms with Gasteiger partial charge < -0.3 is 109 Å². The fraction of sp³-hybridized carbons (Fsp3) is 0.981. The lowest BCUT2D eigenvalue weighted by atomic mass is 10.1. The zero-order chi connectivity index (χ0) is 55.2. The average Bonchev–Trinajstić information content (AvgIpc) is 3.43. The summed E-state index contributed by atoms with van der Waals surface area (Å²) in [5.74, 6) is -1.00. The zero-order valence-corrected chi connectivity index (χ0v) is 47.4. The second-order valence-corrected chi connectivity index (χ2v) is 16.4. The number of rotatable bonds is 73. The molecule has 0 aliphatic rings. The number of carboxylic acid groups (broad SMARTS) is 1. The van der Waals surface area contributed by atoms with Gasteiger partial charge in [0.25, 0.3) is 0 Å². The van der Waals surface area contributed by atoms with Gasteiger partial charge in [0.15, 0.2) is 0 Å². The third kappa shape index (κ3) is 74.6. The number of hydrogen-bond acceptors (Lipinski definition) is 23. The highest BCUT2D eigenvalue weighted by Crippen LogP contribution is 2.07. The molecule has 0 amide bonds. The van der Waals surface area contributed by atoms with E-state index in [1.54, 1.807) is 0 Å². The third-order valence-electron chi connectivity index (χ3n) is 9.93. The summed E-state index contributed by atoms with van der Waals surface area (Å²) in [4.78, 5) is 10.3. The minimum Gasteiger partial charge on any atom is -0.480 e. The molecular formula is C53H106O24. The summed E-state index contributed by atoms with van der Waals surface area (Å²) in [5.41, 5.74) is 0. The predicted octanol–water partition coefficient (Wildman–Crippen LogP) is 3.19. The topological polar surface area (TPSA) is 240 Å². The Morgan fingerprint density at radius 2 is 0.325 bits per heavy atom. The summed E-state index contributed by atoms with van der Waals surface area (Å²) in [6.07, 6.45) is 9.05. The van der Waals surface area contributed by atoms with E-state index in [9.17, 15) is 4.79 Å². The molecule has 0 unspecified atom stereocenters. The van der Waals surface area contributed by atoms with Crippen molar-refractivity contribution in [3.8, 4) is 0 Å². The number of carboxylic acids is 1. The lowest BCUT2D eigenvalue weighted by Gasteiger charge is -2.09. The molecule has 0 spiro atoms. The molecule has 0 fully saturated rings. The number of hydrogen-bond donors (Lipinski definition) is 1. The first-order chi connectivity index (χ1) is 38.3. The first kappa shape index (κ1) is 75.6. The van der Waals surface area contributed by atoms with Crippen molar-refractivity contribution in [1.82, 2.24) is 0 Å². The van der Waals surface area contributed by atoms with Crippen LogP contribution >= 0.6 is 0 Å². The average molecular weight is 1130 g/mol. The molecule has 0 aliphatic heterocycles. The molecule has 0 aliphatic carbocycles. The minimum absolute atomic E-state index is 0.234. The Morgan fingerprint density at radius 3 is 0.481 bits per heavy atom. The van der Waals surface area contributed by atoms with Crippen molar-refractivity contribution in [2.24, 2.45) is 0 Å². The maximum atomic E-state index is 10.3. The van der Waals surface area contributed by atoms with E-state index < -0.39 is 5.97 Å². The highest BCUT2D eigenvalue weighted by molar-refractivity contribution is 5.67. The molecule has 0 saturated heterocycles. The minimum atomic E-state index is -1.00. The summed E-state index contributed by atoms with van der Waals surface area (Å²) in [6.45, 7) is 23.0. The Hall–Kier alpha value is -1.41. The lowest BCUT2D eigenvalue weighted by Crippen LogP contribution is -2.16. The van der Waals surface area contributed by atoms with Crippen molar-refractivity contribution in [3.63, 3.8) is 0 Å². The predicted molar refractivity (Wildman–Crippen MR) is 284 cm³/mol. The van der Waals surface area contributed by atoms with Crippen molar-refractivity contribution >= 4 is 5.97 Å². The highest BCUT2D eigenvalue weighted by Gasteiger charge is 2.01. The molecule has 0 saturated carbocycles. The summed E-state index contributed by atoms with van der Waals surface area (Å²) in [7, 11) is 0. The van der Waals surface area contributed by atoms with Gasteiger partial charge in [0.1, 0.15) is 6.61 Å². The van der Waals surface area contributed by atoms with Crippen LogP contribution in [0.25, 0.3) is 0 Å². The first-order valence-corrected chi connectivity index (χ1v) is 28.2. The van der Waals surface area contributed by atoms with Gasteiger partial charge in [0.05, 0.1) is 277 Å². The van der Waals surface area contributed by atoms with Crippen LogP contribution in [0, 0.1) is 0 Å². The monoisotopic (exact) mass is 1130 g/mol. The SMILES string of the molecule is CCCCCCCCCOCCOCCOCCOCCOCCOCCOCCOCCOCCOCCOCCOCCOCCOCCOCCOCCOCCOCCOCCOCCOCCOCC(=O)O. The second kappa shape index (κ2) is 72.6. The van der Waals surface area contributed by atoms with Crippen LogP contribution in [-0.4, -0.2) is 302 Å². The molecule has 0 aromatic rings. The van der Waals surface area contributed by atoms with Crippen LogP contribution in [-0.2, 0) is 109 Å². The number of carbonyl (C=O) groups is 1. The van der Waals surface area contributed by atoms with Gasteiger partial charge in [-0.25, -0.2) is 4.79 Å². The highest BCUT2D eigenvalue weighted by atomic mass is 16.6. The van der Waals surface area contributed by atoms with E-state index in [1.165, 1.54) is 38.5 Å². The van der Waals surface area contributed by atoms with E-state index >= 15 is 0 Å². The van der Waals surface area contributed by atoms with Crippen LogP contribution in [0.3, 0.4) is 0 Å². The number of ether oxygens (including phenoxy) is 22. The maximum absolute atomic E-state index is 10.3. The fourth-order valence-electron chi connectivity index (χ4n) is 5.94. The molecule has 24 nitrogen and oxygen atoms in total. The third-order valence-corrected chi connectivity index (χ3v) is 9.93. The van der Waals surface area contributed by atoms with Crippen molar-refractivity contribution in [2.45, 2.75) is 51.9 Å². The van der Waals surface area contributed by atoms with E-state index in [1.807, 2.05) is 0 Å². The maximum Gasteiger partial charge on any atom is 0.329 e. The summed E-state index contributed by atoms with van der Waals surface area (Å²) in [5, 5.41) is 8.46. The van der Waals surface area contributed by atoms with Crippen molar-refractivity contribution in [3.05, 3.63) is 0 Å². The molecule has 0 radical (unpaired) electrons. The van der Waals surface area contributed by atoms with E-state index in [2.05, 4.69) is 6.92 Å². The van der Waals surface area contributed by atoms with Crippen molar-refractivity contribution in [1.29, 1.82) is 0 Å². The molecule has 24 heteroatoms. The Labute approximate surface area is 461 Å². The molecule has 0 atom stereocenters. The Bertz CT molecular complexity index is 1060. The summed E-state index contributed by atoms with van der Waals surface area (Å²) < 4.78 is 120. The molecule has 0 bridgehead atoms. The van der Waals surface area contributed by atoms with Gasteiger partial charge in [-0.1, -0.05) is 45.4 Å². The first-order valence-electron chi connectivity index (χ1n) is 28.2. The second-order valence-electron chi connectivity index (χ2n) is 16.4. The van der Waals surface area contributed by atoms with Crippen molar-refractivity contribution in [2.75, 3.05) is 291 Å². The summed E-state index contributed by atoms with van der Waals surface area (Å²) in [6, 6.07) is 0. The van der Waals surface area contributed by atoms with E-state index in [-0.39, 0.29) is 13.2 Å². The molecular weight excluding hydrogens is 1020 g/mol. The van der Waals surface area contributed by atoms with Crippen LogP contribution in [0.2, 0.25) is 0 Å². The van der Waals surface area contributed by atoms with Gasteiger partial charge in [-0.05, 0) is 6.42 Å². The smallest absolute Gasteiger partial charge is 0.329 e. The largest absolute Gasteiger partial charge is 0.480 e. The van der Waals surface area contributed by atoms with Gasteiger partial charge in [-0.15, -0.1) is 0 Å². The molecule has 77 heavy (non-hydrogen) atoms. The van der Waals surface area contributed by atoms with Crippen LogP contribution in [0.4, 0.5) is 0 Å². The number of unbranched alkanes of at least 4 members (excludes halogenated alkanes) is 6. The normalized spacial score (nSPS) is 11.7. The molecule has 1 N–H and O–H groups in total. The zero-order valence-electron chi connectivity index (χ0n) is 47.4. The van der Waals surface area contributed by atoms with Crippen LogP contribution in [0.1, 0.15) is 51.9 Å². The van der Waals surface area contributed by atoms with Gasteiger partial charge >= 0.3 is 5.97 Å². The Morgan fingerprint density at radius 1 is 0.195 bits per heavy atom. The van der Waals surface area contributed by atoms with Crippen LogP contribution in [0.5, 0.6) is 0 Å². The van der Waals surface area contributed by atoms with E-state index in [0.717, 1.165) is 13.0 Å². The Kier molecular flexibility index (Phi) is 71.3. The summed E-state index contributed by atoms with van der Waals surface area (Å²) >= 11 is 0. The van der Waals surface area contributed by atoms with Crippen LogP contribution in [0.15, 0.2) is 0 Å². The quantitative estimate of drug-likeness (QED) is 0.0861. The van der Waals surface area contributed by atoms with Gasteiger partial charge in [-0.3, -0.25) is 0 Å². The van der Waals surface area contributed by atoms with Gasteiger partial charge in [0.2, 0.25) is 0 Å². The van der Waals surface area contributed by atoms with Gasteiger partial charge in [-0.2, -0.15) is 0 Å². The standard InChI is InChI=1S/C53H106O24/c1-2-3-4-5-6-7-8-9-56-10-11-57-12-13-58-14-15-59-16-17-60-18-19-61-20-21-62-22-23-63-24-25-64-26-27-65-28-29-66-30-31-67-32-33-68-34-35-69-36-37-70-38-39-71-40-41-72-42-43-73-44-45-74-46-47-75-48-49-76-50-51-77-52-53(54)55/h2-52H2,1H3,(H,54,55). The number of aliphatic carboxylic acids is 1. The van der Waals surface area contributed by atoms with Crippen LogP contribution < -0.4 is 0 Å².